The van der Waals surface area contributed by atoms with Gasteiger partial charge in [-0.3, -0.25) is 0 Å². The third kappa shape index (κ3) is 2.75. The fourth-order valence-corrected chi connectivity index (χ4v) is 2.74. The topological polar surface area (TPSA) is 53.4 Å². The molecule has 0 unspecified atom stereocenters. The van der Waals surface area contributed by atoms with Gasteiger partial charge in [-0.1, -0.05) is 37.6 Å². The number of nitrogens with zero attached hydrogens (tertiary/aromatic N) is 2. The SMILES string of the molecule is CCCc1cc(C(=O)O)cc(N2Cc3ccccc3C2)n1. The number of carboxylic acids is 1. The first-order valence-electron chi connectivity index (χ1n) is 7.23. The fourth-order valence-electron chi connectivity index (χ4n) is 2.74. The van der Waals surface area contributed by atoms with E-state index in [2.05, 4.69) is 28.9 Å². The molecular formula is C17H18N2O2. The highest BCUT2D eigenvalue weighted by atomic mass is 16.4. The highest BCUT2D eigenvalue weighted by Crippen LogP contribution is 2.27. The molecule has 0 saturated carbocycles. The summed E-state index contributed by atoms with van der Waals surface area (Å²) in [6.45, 7) is 3.65. The van der Waals surface area contributed by atoms with Crippen LogP contribution >= 0.6 is 0 Å². The van der Waals surface area contributed by atoms with Crippen LogP contribution in [0.2, 0.25) is 0 Å². The van der Waals surface area contributed by atoms with Gasteiger partial charge >= 0.3 is 5.97 Å². The van der Waals surface area contributed by atoms with Crippen LogP contribution in [0.15, 0.2) is 36.4 Å². The molecule has 3 rings (SSSR count). The molecule has 0 aliphatic carbocycles. The molecule has 108 valence electrons. The van der Waals surface area contributed by atoms with Gasteiger partial charge in [0, 0.05) is 18.8 Å². The normalized spacial score (nSPS) is 13.3. The molecule has 1 aliphatic heterocycles. The minimum atomic E-state index is -0.896. The van der Waals surface area contributed by atoms with Crippen molar-refractivity contribution in [1.82, 2.24) is 4.98 Å². The van der Waals surface area contributed by atoms with Crippen LogP contribution in [0.5, 0.6) is 0 Å². The third-order valence-corrected chi connectivity index (χ3v) is 3.78. The maximum absolute atomic E-state index is 11.3. The Balaban J connectivity index is 1.94. The van der Waals surface area contributed by atoms with Crippen LogP contribution in [0.1, 0.15) is 40.5 Å². The molecule has 1 aliphatic rings. The molecule has 0 fully saturated rings. The number of fused-ring (bicyclic) bond motifs is 1. The number of hydrogen-bond acceptors (Lipinski definition) is 3. The van der Waals surface area contributed by atoms with Gasteiger partial charge < -0.3 is 10.0 Å². The lowest BCUT2D eigenvalue weighted by Crippen LogP contribution is -2.17. The maximum Gasteiger partial charge on any atom is 0.335 e. The van der Waals surface area contributed by atoms with Gasteiger partial charge in [0.05, 0.1) is 5.56 Å². The summed E-state index contributed by atoms with van der Waals surface area (Å²) in [5.74, 6) is -0.137. The lowest BCUT2D eigenvalue weighted by Gasteiger charge is -2.18. The van der Waals surface area contributed by atoms with Crippen molar-refractivity contribution < 1.29 is 9.90 Å². The number of carbonyl (C=O) groups is 1. The van der Waals surface area contributed by atoms with Crippen LogP contribution in [0.4, 0.5) is 5.82 Å². The predicted octanol–water partition coefficient (Wildman–Crippen LogP) is 3.25. The van der Waals surface area contributed by atoms with Crippen LogP contribution in [0.25, 0.3) is 0 Å². The second-order valence-electron chi connectivity index (χ2n) is 5.39. The van der Waals surface area contributed by atoms with Crippen molar-refractivity contribution in [1.29, 1.82) is 0 Å². The first kappa shape index (κ1) is 13.6. The molecule has 4 heteroatoms. The molecule has 1 aromatic carbocycles. The van der Waals surface area contributed by atoms with Gasteiger partial charge in [0.1, 0.15) is 5.82 Å². The summed E-state index contributed by atoms with van der Waals surface area (Å²) in [5, 5.41) is 9.27. The number of carboxylic acid groups (broad SMARTS) is 1. The van der Waals surface area contributed by atoms with E-state index >= 15 is 0 Å². The highest BCUT2D eigenvalue weighted by molar-refractivity contribution is 5.88. The second-order valence-corrected chi connectivity index (χ2v) is 5.39. The zero-order valence-corrected chi connectivity index (χ0v) is 12.0. The monoisotopic (exact) mass is 282 g/mol. The first-order chi connectivity index (χ1) is 10.2. The van der Waals surface area contributed by atoms with E-state index < -0.39 is 5.97 Å². The zero-order valence-electron chi connectivity index (χ0n) is 12.0. The zero-order chi connectivity index (χ0) is 14.8. The molecule has 1 aromatic heterocycles. The number of aryl methyl sites for hydroxylation is 1. The fraction of sp³-hybridized carbons (Fsp3) is 0.294. The average molecular weight is 282 g/mol. The molecule has 21 heavy (non-hydrogen) atoms. The Bertz CT molecular complexity index is 657. The number of aromatic carboxylic acids is 1. The molecule has 0 radical (unpaired) electrons. The number of rotatable bonds is 4. The molecule has 2 heterocycles. The summed E-state index contributed by atoms with van der Waals surface area (Å²) in [4.78, 5) is 18.1. The van der Waals surface area contributed by atoms with Gasteiger partial charge in [-0.15, -0.1) is 0 Å². The van der Waals surface area contributed by atoms with E-state index in [1.165, 1.54) is 11.1 Å². The predicted molar refractivity (Wildman–Crippen MR) is 81.5 cm³/mol. The number of pyridine rings is 1. The summed E-state index contributed by atoms with van der Waals surface area (Å²) in [6.07, 6.45) is 1.75. The largest absolute Gasteiger partial charge is 0.478 e. The molecular weight excluding hydrogens is 264 g/mol. The van der Waals surface area contributed by atoms with E-state index in [1.807, 2.05) is 12.1 Å². The molecule has 0 spiro atoms. The van der Waals surface area contributed by atoms with Crippen molar-refractivity contribution >= 4 is 11.8 Å². The molecule has 0 atom stereocenters. The van der Waals surface area contributed by atoms with Crippen molar-refractivity contribution in [2.45, 2.75) is 32.9 Å². The summed E-state index contributed by atoms with van der Waals surface area (Å²) < 4.78 is 0. The lowest BCUT2D eigenvalue weighted by atomic mass is 10.1. The highest BCUT2D eigenvalue weighted by Gasteiger charge is 2.21. The van der Waals surface area contributed by atoms with E-state index in [9.17, 15) is 9.90 Å². The van der Waals surface area contributed by atoms with Crippen LogP contribution in [-0.2, 0) is 19.5 Å². The second kappa shape index (κ2) is 5.56. The van der Waals surface area contributed by atoms with Crippen LogP contribution < -0.4 is 4.90 Å². The van der Waals surface area contributed by atoms with E-state index in [-0.39, 0.29) is 0 Å². The van der Waals surface area contributed by atoms with E-state index in [0.29, 0.717) is 5.56 Å². The Kier molecular flexibility index (Phi) is 3.60. The van der Waals surface area contributed by atoms with Gasteiger partial charge in [0.2, 0.25) is 0 Å². The molecule has 0 bridgehead atoms. The van der Waals surface area contributed by atoms with Gasteiger partial charge in [-0.25, -0.2) is 9.78 Å². The Morgan fingerprint density at radius 3 is 2.48 bits per heavy atom. The van der Waals surface area contributed by atoms with Crippen LogP contribution in [-0.4, -0.2) is 16.1 Å². The first-order valence-corrected chi connectivity index (χ1v) is 7.23. The minimum absolute atomic E-state index is 0.319. The van der Waals surface area contributed by atoms with Gasteiger partial charge in [-0.2, -0.15) is 0 Å². The molecule has 4 nitrogen and oxygen atoms in total. The summed E-state index contributed by atoms with van der Waals surface area (Å²) >= 11 is 0. The van der Waals surface area contributed by atoms with Crippen LogP contribution in [0, 0.1) is 0 Å². The van der Waals surface area contributed by atoms with Crippen molar-refractivity contribution in [2.75, 3.05) is 4.90 Å². The van der Waals surface area contributed by atoms with E-state index in [0.717, 1.165) is 37.4 Å². The number of benzene rings is 1. The number of aromatic nitrogens is 1. The van der Waals surface area contributed by atoms with Gasteiger partial charge in [-0.05, 0) is 29.7 Å². The van der Waals surface area contributed by atoms with Crippen molar-refractivity contribution in [2.24, 2.45) is 0 Å². The quantitative estimate of drug-likeness (QED) is 0.935. The lowest BCUT2D eigenvalue weighted by molar-refractivity contribution is 0.0696. The smallest absolute Gasteiger partial charge is 0.335 e. The van der Waals surface area contributed by atoms with Crippen molar-refractivity contribution in [3.8, 4) is 0 Å². The Morgan fingerprint density at radius 1 is 1.24 bits per heavy atom. The third-order valence-electron chi connectivity index (χ3n) is 3.78. The van der Waals surface area contributed by atoms with Crippen molar-refractivity contribution in [3.63, 3.8) is 0 Å². The molecule has 0 saturated heterocycles. The Labute approximate surface area is 124 Å². The number of anilines is 1. The summed E-state index contributed by atoms with van der Waals surface area (Å²) in [5.41, 5.74) is 3.75. The van der Waals surface area contributed by atoms with Gasteiger partial charge in [0.15, 0.2) is 0 Å². The Hall–Kier alpha value is -2.36. The van der Waals surface area contributed by atoms with E-state index in [4.69, 9.17) is 0 Å². The summed E-state index contributed by atoms with van der Waals surface area (Å²) in [7, 11) is 0. The maximum atomic E-state index is 11.3. The molecule has 1 N–H and O–H groups in total. The molecule has 0 amide bonds. The van der Waals surface area contributed by atoms with Gasteiger partial charge in [0.25, 0.3) is 0 Å². The average Bonchev–Trinajstić information content (AvgIpc) is 2.91. The Morgan fingerprint density at radius 2 is 1.90 bits per heavy atom. The standard InChI is InChI=1S/C17H18N2O2/c1-2-5-15-8-14(17(20)21)9-16(18-15)19-10-12-6-3-4-7-13(12)11-19/h3-4,6-9H,2,5,10-11H2,1H3,(H,20,21). The summed E-state index contributed by atoms with van der Waals surface area (Å²) in [6, 6.07) is 11.6. The van der Waals surface area contributed by atoms with Crippen LogP contribution in [0.3, 0.4) is 0 Å². The number of hydrogen-bond donors (Lipinski definition) is 1. The minimum Gasteiger partial charge on any atom is -0.478 e. The molecule has 2 aromatic rings. The van der Waals surface area contributed by atoms with Crippen molar-refractivity contribution in [3.05, 3.63) is 58.8 Å². The van der Waals surface area contributed by atoms with E-state index in [1.54, 1.807) is 12.1 Å².